The molecular formula is C25H21Cl3F2O3. The molecule has 3 rings (SSSR count). The molecule has 3 nitrogen and oxygen atoms in total. The molecule has 0 atom stereocenters. The fourth-order valence-electron chi connectivity index (χ4n) is 3.23. The van der Waals surface area contributed by atoms with E-state index in [9.17, 15) is 13.6 Å². The Hall–Kier alpha value is -2.34. The smallest absolute Gasteiger partial charge is 0.477 e. The zero-order chi connectivity index (χ0) is 24.2. The molecule has 0 aliphatic carbocycles. The summed E-state index contributed by atoms with van der Waals surface area (Å²) in [5, 5.41) is -1.67. The van der Waals surface area contributed by atoms with E-state index < -0.39 is 11.4 Å². The number of hydrogen-bond acceptors (Lipinski definition) is 3. The van der Waals surface area contributed by atoms with Crippen LogP contribution in [0.1, 0.15) is 42.0 Å². The van der Waals surface area contributed by atoms with Gasteiger partial charge in [-0.25, -0.2) is 0 Å². The number of alkyl halides is 2. The van der Waals surface area contributed by atoms with Gasteiger partial charge >= 0.3 is 11.4 Å². The lowest BCUT2D eigenvalue weighted by Gasteiger charge is -2.17. The predicted octanol–water partition coefficient (Wildman–Crippen LogP) is 8.02. The minimum atomic E-state index is -4.18. The second-order valence-corrected chi connectivity index (χ2v) is 8.89. The molecule has 0 saturated carbocycles. The zero-order valence-electron chi connectivity index (χ0n) is 17.9. The van der Waals surface area contributed by atoms with Crippen LogP contribution >= 0.6 is 34.8 Å². The Morgan fingerprint density at radius 2 is 1.61 bits per heavy atom. The van der Waals surface area contributed by atoms with E-state index in [0.717, 1.165) is 22.4 Å². The van der Waals surface area contributed by atoms with E-state index in [1.54, 1.807) is 0 Å². The quantitative estimate of drug-likeness (QED) is 0.272. The minimum absolute atomic E-state index is 0.130. The molecule has 3 aromatic rings. The van der Waals surface area contributed by atoms with E-state index in [4.69, 9.17) is 39.5 Å². The van der Waals surface area contributed by atoms with Crippen LogP contribution in [-0.2, 0) is 17.8 Å². The molecule has 8 heteroatoms. The van der Waals surface area contributed by atoms with Gasteiger partial charge in [-0.15, -0.1) is 0 Å². The van der Waals surface area contributed by atoms with Crippen LogP contribution in [0, 0.1) is 0 Å². The molecule has 33 heavy (non-hydrogen) atoms. The van der Waals surface area contributed by atoms with E-state index in [2.05, 4.69) is 18.6 Å². The largest absolute Gasteiger partial charge is 0.489 e. The number of hydrogen-bond donors (Lipinski definition) is 0. The maximum atomic E-state index is 13.5. The molecule has 0 bridgehead atoms. The zero-order valence-corrected chi connectivity index (χ0v) is 20.1. The van der Waals surface area contributed by atoms with Crippen molar-refractivity contribution in [3.05, 3.63) is 93.0 Å². The van der Waals surface area contributed by atoms with E-state index in [1.165, 1.54) is 12.1 Å². The second kappa shape index (κ2) is 10.7. The Labute approximate surface area is 206 Å². The number of halogens is 5. The van der Waals surface area contributed by atoms with Gasteiger partial charge in [-0.05, 0) is 58.0 Å². The maximum Gasteiger partial charge on any atom is 0.477 e. The van der Waals surface area contributed by atoms with Crippen molar-refractivity contribution >= 4 is 40.0 Å². The lowest BCUT2D eigenvalue weighted by molar-refractivity contribution is -0.181. The Balaban J connectivity index is 1.81. The Bertz CT molecular complexity index is 1110. The molecule has 0 spiro atoms. The predicted molar refractivity (Wildman–Crippen MR) is 127 cm³/mol. The van der Waals surface area contributed by atoms with Crippen LogP contribution in [0.3, 0.4) is 0 Å². The fourth-order valence-corrected chi connectivity index (χ4v) is 3.86. The highest BCUT2D eigenvalue weighted by Crippen LogP contribution is 2.36. The fraction of sp³-hybridized carbons (Fsp3) is 0.240. The summed E-state index contributed by atoms with van der Waals surface area (Å²) >= 11 is 17.4. The van der Waals surface area contributed by atoms with Crippen LogP contribution in [0.5, 0.6) is 11.5 Å². The maximum absolute atomic E-state index is 13.5. The van der Waals surface area contributed by atoms with Crippen molar-refractivity contribution < 1.29 is 23.0 Å². The first-order chi connectivity index (χ1) is 15.6. The van der Waals surface area contributed by atoms with Crippen LogP contribution in [-0.4, -0.2) is 11.4 Å². The lowest BCUT2D eigenvalue weighted by Crippen LogP contribution is -2.31. The minimum Gasteiger partial charge on any atom is -0.489 e. The lowest BCUT2D eigenvalue weighted by atomic mass is 9.96. The van der Waals surface area contributed by atoms with Crippen molar-refractivity contribution in [2.75, 3.05) is 0 Å². The summed E-state index contributed by atoms with van der Waals surface area (Å²) in [4.78, 5) is 10.8. The third-order valence-corrected chi connectivity index (χ3v) is 5.80. The van der Waals surface area contributed by atoms with Gasteiger partial charge in [0.05, 0.1) is 0 Å². The summed E-state index contributed by atoms with van der Waals surface area (Å²) in [6.07, 6.45) is -3.82. The molecule has 0 heterocycles. The van der Waals surface area contributed by atoms with Crippen molar-refractivity contribution in [1.82, 2.24) is 0 Å². The molecule has 0 saturated heterocycles. The Kier molecular flexibility index (Phi) is 8.22. The van der Waals surface area contributed by atoms with Gasteiger partial charge in [0, 0.05) is 16.5 Å². The number of carbonyl (C=O) groups is 1. The molecule has 0 unspecified atom stereocenters. The highest BCUT2D eigenvalue weighted by atomic mass is 35.5. The summed E-state index contributed by atoms with van der Waals surface area (Å²) in [6.45, 7) is 4.59. The number of benzene rings is 3. The van der Waals surface area contributed by atoms with E-state index in [-0.39, 0.29) is 21.7 Å². The van der Waals surface area contributed by atoms with Crippen LogP contribution in [0.2, 0.25) is 10.0 Å². The molecular weight excluding hydrogens is 493 g/mol. The van der Waals surface area contributed by atoms with Gasteiger partial charge in [-0.1, -0.05) is 79.5 Å². The molecule has 0 aromatic heterocycles. The molecule has 0 N–H and O–H groups in total. The third kappa shape index (κ3) is 6.59. The second-order valence-electron chi connectivity index (χ2n) is 7.74. The van der Waals surface area contributed by atoms with Crippen LogP contribution in [0.15, 0.2) is 60.7 Å². The standard InChI is InChI=1S/C25H21Cl3F2O3/c1-15(2)19-10-17(8-9-23(19)32-14-16-6-4-3-5-7-16)11-20-21(26)12-18(13-22(20)27)33-25(29,30)24(28)31/h3-10,12-13,15H,11,14H2,1-2H3. The van der Waals surface area contributed by atoms with Crippen molar-refractivity contribution in [3.63, 3.8) is 0 Å². The van der Waals surface area contributed by atoms with Gasteiger partial charge in [0.2, 0.25) is 0 Å². The third-order valence-electron chi connectivity index (χ3n) is 4.90. The first kappa shape index (κ1) is 25.3. The van der Waals surface area contributed by atoms with Gasteiger partial charge in [0.1, 0.15) is 18.1 Å². The van der Waals surface area contributed by atoms with Crippen molar-refractivity contribution in [2.45, 2.75) is 38.9 Å². The van der Waals surface area contributed by atoms with Gasteiger partial charge in [-0.3, -0.25) is 4.79 Å². The highest BCUT2D eigenvalue weighted by molar-refractivity contribution is 6.65. The van der Waals surface area contributed by atoms with Crippen LogP contribution < -0.4 is 9.47 Å². The summed E-state index contributed by atoms with van der Waals surface area (Å²) in [5.41, 5.74) is 3.55. The molecule has 0 amide bonds. The molecule has 0 aliphatic heterocycles. The number of carbonyl (C=O) groups excluding carboxylic acids is 1. The monoisotopic (exact) mass is 512 g/mol. The summed E-state index contributed by atoms with van der Waals surface area (Å²) < 4.78 is 37.3. The van der Waals surface area contributed by atoms with Crippen molar-refractivity contribution in [1.29, 1.82) is 0 Å². The van der Waals surface area contributed by atoms with E-state index in [0.29, 0.717) is 18.6 Å². The van der Waals surface area contributed by atoms with Gasteiger partial charge in [0.25, 0.3) is 0 Å². The molecule has 3 aromatic carbocycles. The first-order valence-corrected chi connectivity index (χ1v) is 11.2. The Morgan fingerprint density at radius 1 is 0.970 bits per heavy atom. The van der Waals surface area contributed by atoms with Crippen molar-refractivity contribution in [2.24, 2.45) is 0 Å². The first-order valence-electron chi connectivity index (χ1n) is 10.1. The molecule has 0 fully saturated rings. The number of ether oxygens (including phenoxy) is 2. The SMILES string of the molecule is CC(C)c1cc(Cc2c(Cl)cc(OC(F)(F)C(=O)Cl)cc2Cl)ccc1OCc1ccccc1. The van der Waals surface area contributed by atoms with Crippen LogP contribution in [0.25, 0.3) is 0 Å². The summed E-state index contributed by atoms with van der Waals surface area (Å²) in [7, 11) is 0. The average molecular weight is 514 g/mol. The van der Waals surface area contributed by atoms with Gasteiger partial charge in [-0.2, -0.15) is 8.78 Å². The average Bonchev–Trinajstić information content (AvgIpc) is 2.75. The number of rotatable bonds is 9. The highest BCUT2D eigenvalue weighted by Gasteiger charge is 2.41. The van der Waals surface area contributed by atoms with Gasteiger partial charge in [0.15, 0.2) is 0 Å². The normalized spacial score (nSPS) is 11.5. The summed E-state index contributed by atoms with van der Waals surface area (Å²) in [5.74, 6) is 0.625. The summed E-state index contributed by atoms with van der Waals surface area (Å²) in [6, 6.07) is 18.1. The Morgan fingerprint density at radius 3 is 2.18 bits per heavy atom. The molecule has 174 valence electrons. The van der Waals surface area contributed by atoms with E-state index >= 15 is 0 Å². The van der Waals surface area contributed by atoms with Crippen LogP contribution in [0.4, 0.5) is 8.78 Å². The molecule has 0 aliphatic rings. The van der Waals surface area contributed by atoms with Gasteiger partial charge < -0.3 is 9.47 Å². The molecule has 0 radical (unpaired) electrons. The van der Waals surface area contributed by atoms with Crippen molar-refractivity contribution in [3.8, 4) is 11.5 Å². The topological polar surface area (TPSA) is 35.5 Å². The van der Waals surface area contributed by atoms with E-state index in [1.807, 2.05) is 48.5 Å².